The molecule has 0 saturated carbocycles. The number of carbonyl (C=O) groups is 1. The Morgan fingerprint density at radius 3 is 2.33 bits per heavy atom. The molecule has 156 valence electrons. The highest BCUT2D eigenvalue weighted by Crippen LogP contribution is 2.25. The second kappa shape index (κ2) is 9.38. The maximum absolute atomic E-state index is 12.5. The Morgan fingerprint density at radius 2 is 1.67 bits per heavy atom. The fourth-order valence-electron chi connectivity index (χ4n) is 2.56. The molecule has 0 aliphatic heterocycles. The Hall–Kier alpha value is -2.74. The number of ether oxygens (including phenoxy) is 1. The van der Waals surface area contributed by atoms with Crippen LogP contribution >= 0.6 is 23.2 Å². The van der Waals surface area contributed by atoms with E-state index >= 15 is 0 Å². The minimum atomic E-state index is -3.52. The maximum Gasteiger partial charge on any atom is 0.255 e. The van der Waals surface area contributed by atoms with Crippen molar-refractivity contribution in [3.8, 4) is 5.75 Å². The zero-order chi connectivity index (χ0) is 21.7. The molecule has 0 atom stereocenters. The van der Waals surface area contributed by atoms with Crippen molar-refractivity contribution in [2.75, 3.05) is 16.3 Å². The van der Waals surface area contributed by atoms with Gasteiger partial charge < -0.3 is 10.1 Å². The summed E-state index contributed by atoms with van der Waals surface area (Å²) in [6.45, 7) is 0.326. The van der Waals surface area contributed by atoms with Crippen molar-refractivity contribution < 1.29 is 17.9 Å². The summed E-state index contributed by atoms with van der Waals surface area (Å²) in [5.74, 6) is 0.215. The zero-order valence-corrected chi connectivity index (χ0v) is 18.2. The molecule has 0 spiro atoms. The van der Waals surface area contributed by atoms with Gasteiger partial charge in [0, 0.05) is 21.8 Å². The lowest BCUT2D eigenvalue weighted by Gasteiger charge is -2.11. The minimum absolute atomic E-state index is 0.134. The molecule has 0 aliphatic rings. The van der Waals surface area contributed by atoms with Crippen LogP contribution in [-0.2, 0) is 16.6 Å². The van der Waals surface area contributed by atoms with Gasteiger partial charge in [-0.05, 0) is 48.5 Å². The first-order valence-electron chi connectivity index (χ1n) is 8.76. The van der Waals surface area contributed by atoms with Crippen LogP contribution in [0.15, 0.2) is 66.7 Å². The molecule has 30 heavy (non-hydrogen) atoms. The van der Waals surface area contributed by atoms with Crippen LogP contribution in [0, 0.1) is 0 Å². The third-order valence-electron chi connectivity index (χ3n) is 3.99. The smallest absolute Gasteiger partial charge is 0.255 e. The zero-order valence-electron chi connectivity index (χ0n) is 15.9. The summed E-state index contributed by atoms with van der Waals surface area (Å²) < 4.78 is 30.9. The molecule has 2 N–H and O–H groups in total. The molecule has 0 aliphatic carbocycles. The molecule has 0 aromatic heterocycles. The second-order valence-electron chi connectivity index (χ2n) is 6.43. The molecule has 1 amide bonds. The van der Waals surface area contributed by atoms with Gasteiger partial charge in [-0.3, -0.25) is 9.52 Å². The molecule has 9 heteroatoms. The van der Waals surface area contributed by atoms with Gasteiger partial charge in [-0.25, -0.2) is 8.42 Å². The van der Waals surface area contributed by atoms with Crippen LogP contribution in [0.25, 0.3) is 0 Å². The molecule has 0 radical (unpaired) electrons. The van der Waals surface area contributed by atoms with Crippen molar-refractivity contribution >= 4 is 50.5 Å². The quantitative estimate of drug-likeness (QED) is 0.503. The van der Waals surface area contributed by atoms with E-state index in [1.165, 1.54) is 18.2 Å². The fraction of sp³-hybridized carbons (Fsp3) is 0.0952. The van der Waals surface area contributed by atoms with E-state index in [0.717, 1.165) is 11.8 Å². The highest BCUT2D eigenvalue weighted by atomic mass is 35.5. The van der Waals surface area contributed by atoms with Gasteiger partial charge in [-0.15, -0.1) is 0 Å². The van der Waals surface area contributed by atoms with Crippen molar-refractivity contribution in [1.29, 1.82) is 0 Å². The summed E-state index contributed by atoms with van der Waals surface area (Å²) in [6.07, 6.45) is 1.01. The van der Waals surface area contributed by atoms with E-state index in [9.17, 15) is 13.2 Å². The van der Waals surface area contributed by atoms with Gasteiger partial charge in [0.1, 0.15) is 12.4 Å². The van der Waals surface area contributed by atoms with E-state index in [0.29, 0.717) is 23.1 Å². The van der Waals surface area contributed by atoms with E-state index in [2.05, 4.69) is 10.0 Å². The van der Waals surface area contributed by atoms with Crippen LogP contribution in [-0.4, -0.2) is 20.6 Å². The minimum Gasteiger partial charge on any atom is -0.489 e. The van der Waals surface area contributed by atoms with E-state index in [4.69, 9.17) is 27.9 Å². The first-order valence-corrected chi connectivity index (χ1v) is 11.4. The Labute approximate surface area is 184 Å². The summed E-state index contributed by atoms with van der Waals surface area (Å²) >= 11 is 12.1. The van der Waals surface area contributed by atoms with Crippen molar-refractivity contribution in [3.63, 3.8) is 0 Å². The molecule has 0 heterocycles. The number of hydrogen-bond donors (Lipinski definition) is 2. The van der Waals surface area contributed by atoms with Gasteiger partial charge >= 0.3 is 0 Å². The predicted molar refractivity (Wildman–Crippen MR) is 120 cm³/mol. The van der Waals surface area contributed by atoms with Crippen molar-refractivity contribution in [2.24, 2.45) is 0 Å². The van der Waals surface area contributed by atoms with Crippen LogP contribution in [0.2, 0.25) is 10.0 Å². The van der Waals surface area contributed by atoms with Gasteiger partial charge in [0.25, 0.3) is 5.91 Å². The van der Waals surface area contributed by atoms with E-state index in [1.54, 1.807) is 30.3 Å². The van der Waals surface area contributed by atoms with E-state index in [1.807, 2.05) is 18.2 Å². The van der Waals surface area contributed by atoms with Gasteiger partial charge in [-0.1, -0.05) is 41.4 Å². The average Bonchev–Trinajstić information content (AvgIpc) is 2.69. The highest BCUT2D eigenvalue weighted by molar-refractivity contribution is 7.92. The third kappa shape index (κ3) is 6.13. The Balaban J connectivity index is 1.64. The number of nitrogens with one attached hydrogen (secondary N) is 2. The second-order valence-corrected chi connectivity index (χ2v) is 8.99. The number of halogens is 2. The Bertz CT molecular complexity index is 1170. The number of rotatable bonds is 7. The molecular weight excluding hydrogens is 447 g/mol. The topological polar surface area (TPSA) is 84.5 Å². The molecule has 3 aromatic rings. The molecule has 6 nitrogen and oxygen atoms in total. The largest absolute Gasteiger partial charge is 0.489 e. The SMILES string of the molecule is CS(=O)(=O)Nc1cc(C(=O)Nc2ccc(OCc3ccccc3Cl)cc2)ccc1Cl. The summed E-state index contributed by atoms with van der Waals surface area (Å²) in [5, 5.41) is 3.57. The van der Waals surface area contributed by atoms with Crippen LogP contribution in [0.4, 0.5) is 11.4 Å². The summed E-state index contributed by atoms with van der Waals surface area (Å²) in [4.78, 5) is 12.5. The Kier molecular flexibility index (Phi) is 6.87. The van der Waals surface area contributed by atoms with E-state index < -0.39 is 15.9 Å². The summed E-state index contributed by atoms with van der Waals surface area (Å²) in [6, 6.07) is 18.6. The lowest BCUT2D eigenvalue weighted by molar-refractivity contribution is 0.102. The molecule has 0 bridgehead atoms. The highest BCUT2D eigenvalue weighted by Gasteiger charge is 2.12. The monoisotopic (exact) mass is 464 g/mol. The van der Waals surface area contributed by atoms with Gasteiger partial charge in [0.2, 0.25) is 10.0 Å². The number of hydrogen-bond acceptors (Lipinski definition) is 4. The molecule has 0 unspecified atom stereocenters. The van der Waals surface area contributed by atoms with E-state index in [-0.39, 0.29) is 16.3 Å². The van der Waals surface area contributed by atoms with Crippen LogP contribution in [0.5, 0.6) is 5.75 Å². The Morgan fingerprint density at radius 1 is 0.967 bits per heavy atom. The molecule has 3 aromatic carbocycles. The first kappa shape index (κ1) is 22.0. The lowest BCUT2D eigenvalue weighted by Crippen LogP contribution is -2.14. The standard InChI is InChI=1S/C21H18Cl2N2O4S/c1-30(27,28)25-20-12-14(6-11-19(20)23)21(26)24-16-7-9-17(10-8-16)29-13-15-4-2-3-5-18(15)22/h2-12,25H,13H2,1H3,(H,24,26). The molecule has 3 rings (SSSR count). The summed E-state index contributed by atoms with van der Waals surface area (Å²) in [5.41, 5.74) is 1.81. The van der Waals surface area contributed by atoms with Crippen LogP contribution < -0.4 is 14.8 Å². The maximum atomic E-state index is 12.5. The van der Waals surface area contributed by atoms with Gasteiger partial charge in [0.15, 0.2) is 0 Å². The fourth-order valence-corrected chi connectivity index (χ4v) is 3.54. The van der Waals surface area contributed by atoms with Gasteiger partial charge in [0.05, 0.1) is 17.0 Å². The van der Waals surface area contributed by atoms with Crippen molar-refractivity contribution in [2.45, 2.75) is 6.61 Å². The molecular formula is C21H18Cl2N2O4S. The first-order chi connectivity index (χ1) is 14.2. The summed E-state index contributed by atoms with van der Waals surface area (Å²) in [7, 11) is -3.52. The predicted octanol–water partition coefficient (Wildman–Crippen LogP) is 5.20. The van der Waals surface area contributed by atoms with Gasteiger partial charge in [-0.2, -0.15) is 0 Å². The number of anilines is 2. The average molecular weight is 465 g/mol. The van der Waals surface area contributed by atoms with Crippen molar-refractivity contribution in [1.82, 2.24) is 0 Å². The van der Waals surface area contributed by atoms with Crippen molar-refractivity contribution in [3.05, 3.63) is 87.9 Å². The number of carbonyl (C=O) groups excluding carboxylic acids is 1. The normalized spacial score (nSPS) is 11.0. The molecule has 0 saturated heterocycles. The molecule has 0 fully saturated rings. The number of benzene rings is 3. The van der Waals surface area contributed by atoms with Crippen LogP contribution in [0.3, 0.4) is 0 Å². The van der Waals surface area contributed by atoms with Crippen LogP contribution in [0.1, 0.15) is 15.9 Å². The third-order valence-corrected chi connectivity index (χ3v) is 5.28. The number of amides is 1. The number of sulfonamides is 1. The lowest BCUT2D eigenvalue weighted by atomic mass is 10.2.